The van der Waals surface area contributed by atoms with E-state index in [1.165, 1.54) is 64.1 Å². The maximum atomic E-state index is 13.8. The number of piperidine rings is 2. The van der Waals surface area contributed by atoms with Crippen LogP contribution < -0.4 is 11.2 Å². The molecule has 2 aliphatic heterocycles. The zero-order valence-electron chi connectivity index (χ0n) is 20.2. The van der Waals surface area contributed by atoms with Crippen LogP contribution in [-0.2, 0) is 0 Å². The summed E-state index contributed by atoms with van der Waals surface area (Å²) in [4.78, 5) is 36.2. The Hall–Kier alpha value is -2.74. The molecule has 0 radical (unpaired) electrons. The van der Waals surface area contributed by atoms with Crippen molar-refractivity contribution in [3.63, 3.8) is 0 Å². The average Bonchev–Trinajstić information content (AvgIpc) is 3.28. The highest BCUT2D eigenvalue weighted by Crippen LogP contribution is 2.47. The molecule has 8 nitrogen and oxygen atoms in total. The molecule has 2 saturated heterocycles. The smallest absolute Gasteiger partial charge is 0.300 e. The zero-order valence-corrected chi connectivity index (χ0v) is 20.2. The van der Waals surface area contributed by atoms with Gasteiger partial charge >= 0.3 is 5.69 Å². The molecule has 8 heteroatoms. The first kappa shape index (κ1) is 21.5. The average molecular weight is 475 g/mol. The van der Waals surface area contributed by atoms with E-state index in [4.69, 9.17) is 0 Å². The lowest BCUT2D eigenvalue weighted by Gasteiger charge is -2.55. The lowest BCUT2D eigenvalue weighted by Crippen LogP contribution is -2.58. The topological polar surface area (TPSA) is 88.8 Å². The van der Waals surface area contributed by atoms with Crippen LogP contribution in [-0.4, -0.2) is 47.3 Å². The number of aromatic amines is 1. The van der Waals surface area contributed by atoms with Crippen LogP contribution in [0.2, 0.25) is 0 Å². The maximum Gasteiger partial charge on any atom is 0.349 e. The highest BCUT2D eigenvalue weighted by molar-refractivity contribution is 5.75. The van der Waals surface area contributed by atoms with Crippen molar-refractivity contribution in [3.8, 4) is 5.82 Å². The molecular weight excluding hydrogens is 440 g/mol. The zero-order chi connectivity index (χ0) is 23.5. The summed E-state index contributed by atoms with van der Waals surface area (Å²) in [5.74, 6) is 1.93. The summed E-state index contributed by atoms with van der Waals surface area (Å²) in [5, 5.41) is 4.06. The largest absolute Gasteiger partial charge is 0.349 e. The number of hydrogen-bond acceptors (Lipinski definition) is 5. The van der Waals surface area contributed by atoms with Crippen LogP contribution >= 0.6 is 0 Å². The quantitative estimate of drug-likeness (QED) is 0.624. The summed E-state index contributed by atoms with van der Waals surface area (Å²) in [7, 11) is 0. The van der Waals surface area contributed by atoms with Gasteiger partial charge in [0.2, 0.25) is 5.82 Å². The van der Waals surface area contributed by atoms with Crippen LogP contribution in [0.1, 0.15) is 76.7 Å². The Labute approximate surface area is 204 Å². The molecule has 2 aliphatic carbocycles. The Balaban J connectivity index is 1.27. The molecule has 7 rings (SSSR count). The Bertz CT molecular complexity index is 1330. The third-order valence-electron chi connectivity index (χ3n) is 9.43. The molecule has 4 aliphatic rings. The van der Waals surface area contributed by atoms with Gasteiger partial charge in [0.05, 0.1) is 11.0 Å². The van der Waals surface area contributed by atoms with Crippen molar-refractivity contribution in [1.82, 2.24) is 29.2 Å². The molecule has 3 aromatic rings. The van der Waals surface area contributed by atoms with Gasteiger partial charge in [0.15, 0.2) is 0 Å². The minimum Gasteiger partial charge on any atom is -0.300 e. The van der Waals surface area contributed by atoms with Crippen molar-refractivity contribution in [3.05, 3.63) is 51.4 Å². The van der Waals surface area contributed by atoms with Gasteiger partial charge in [0.1, 0.15) is 6.33 Å². The van der Waals surface area contributed by atoms with Crippen LogP contribution in [0, 0.1) is 11.8 Å². The van der Waals surface area contributed by atoms with Crippen molar-refractivity contribution >= 4 is 11.0 Å². The standard InChI is InChI=1S/C27H34N6O2/c34-26-25(33-27(35)28-16-29-33)30-23-9-1-2-10-24(23)32(26)22-14-19-7-4-8-20(15-22)31(19)21-12-17-5-3-6-18(11-17)13-21/h1-2,9-10,16-22H,3-8,11-15H2,(H,28,29,35)/t17-,18+,19-,20+,21?,22?. The molecule has 4 heterocycles. The van der Waals surface area contributed by atoms with Gasteiger partial charge in [-0.05, 0) is 68.9 Å². The Kier molecular flexibility index (Phi) is 5.19. The summed E-state index contributed by atoms with van der Waals surface area (Å²) in [6.45, 7) is 0. The number of H-pyrrole nitrogens is 1. The Morgan fingerprint density at radius 1 is 0.800 bits per heavy atom. The van der Waals surface area contributed by atoms with Crippen LogP contribution in [0.3, 0.4) is 0 Å². The highest BCUT2D eigenvalue weighted by atomic mass is 16.2. The van der Waals surface area contributed by atoms with E-state index >= 15 is 0 Å². The molecule has 4 fully saturated rings. The second kappa shape index (κ2) is 8.43. The molecule has 4 bridgehead atoms. The normalized spacial score (nSPS) is 33.1. The summed E-state index contributed by atoms with van der Waals surface area (Å²) in [6, 6.07) is 9.71. The third-order valence-corrected chi connectivity index (χ3v) is 9.43. The molecule has 1 aromatic carbocycles. The SMILES string of the molecule is O=c1[nH]cnn1-c1nc2ccccc2n(C2C[C@H]3CCC[C@@H](C2)N3C2C[C@H]3CCC[C@@H](C2)C3)c1=O. The van der Waals surface area contributed by atoms with E-state index in [0.717, 1.165) is 46.4 Å². The molecule has 184 valence electrons. The van der Waals surface area contributed by atoms with Gasteiger partial charge in [-0.3, -0.25) is 14.7 Å². The predicted molar refractivity (Wildman–Crippen MR) is 134 cm³/mol. The van der Waals surface area contributed by atoms with Gasteiger partial charge < -0.3 is 4.57 Å². The van der Waals surface area contributed by atoms with Crippen molar-refractivity contribution in [2.75, 3.05) is 0 Å². The molecule has 6 atom stereocenters. The maximum absolute atomic E-state index is 13.8. The van der Waals surface area contributed by atoms with E-state index < -0.39 is 5.69 Å². The molecule has 0 amide bonds. The van der Waals surface area contributed by atoms with E-state index in [1.54, 1.807) is 0 Å². The predicted octanol–water partition coefficient (Wildman–Crippen LogP) is 3.80. The molecular formula is C27H34N6O2. The van der Waals surface area contributed by atoms with Gasteiger partial charge in [-0.1, -0.05) is 37.8 Å². The Morgan fingerprint density at radius 2 is 1.51 bits per heavy atom. The van der Waals surface area contributed by atoms with E-state index in [2.05, 4.69) is 20.0 Å². The fourth-order valence-electron chi connectivity index (χ4n) is 8.18. The molecule has 35 heavy (non-hydrogen) atoms. The summed E-state index contributed by atoms with van der Waals surface area (Å²) < 4.78 is 3.04. The van der Waals surface area contributed by atoms with Crippen LogP contribution in [0.4, 0.5) is 0 Å². The minimum atomic E-state index is -0.439. The number of benzene rings is 1. The van der Waals surface area contributed by atoms with Gasteiger partial charge in [-0.2, -0.15) is 9.78 Å². The first-order valence-corrected chi connectivity index (χ1v) is 13.6. The molecule has 2 unspecified atom stereocenters. The molecule has 2 saturated carbocycles. The molecule has 0 spiro atoms. The fourth-order valence-corrected chi connectivity index (χ4v) is 8.18. The third kappa shape index (κ3) is 3.60. The summed E-state index contributed by atoms with van der Waals surface area (Å²) in [5.41, 5.74) is 0.922. The van der Waals surface area contributed by atoms with Crippen molar-refractivity contribution in [2.24, 2.45) is 11.8 Å². The summed E-state index contributed by atoms with van der Waals surface area (Å²) in [6.07, 6.45) is 15.5. The van der Waals surface area contributed by atoms with Crippen LogP contribution in [0.25, 0.3) is 16.9 Å². The van der Waals surface area contributed by atoms with Crippen LogP contribution in [0.15, 0.2) is 40.2 Å². The molecule has 2 aromatic heterocycles. The number of aromatic nitrogens is 5. The van der Waals surface area contributed by atoms with E-state index in [1.807, 2.05) is 28.8 Å². The summed E-state index contributed by atoms with van der Waals surface area (Å²) >= 11 is 0. The minimum absolute atomic E-state index is 0.0858. The fraction of sp³-hybridized carbons (Fsp3) is 0.630. The van der Waals surface area contributed by atoms with E-state index in [0.29, 0.717) is 12.1 Å². The van der Waals surface area contributed by atoms with E-state index in [9.17, 15) is 9.59 Å². The lowest BCUT2D eigenvalue weighted by molar-refractivity contribution is -0.0485. The first-order valence-electron chi connectivity index (χ1n) is 13.6. The number of fused-ring (bicyclic) bond motifs is 5. The van der Waals surface area contributed by atoms with Gasteiger partial charge in [0, 0.05) is 24.2 Å². The second-order valence-corrected chi connectivity index (χ2v) is 11.4. The lowest BCUT2D eigenvalue weighted by atomic mass is 9.68. The number of rotatable bonds is 3. The number of hydrogen-bond donors (Lipinski definition) is 1. The van der Waals surface area contributed by atoms with Gasteiger partial charge in [-0.25, -0.2) is 9.78 Å². The van der Waals surface area contributed by atoms with Crippen molar-refractivity contribution < 1.29 is 0 Å². The number of nitrogens with one attached hydrogen (secondary N) is 1. The monoisotopic (exact) mass is 474 g/mol. The highest BCUT2D eigenvalue weighted by Gasteiger charge is 2.45. The number of nitrogens with zero attached hydrogens (tertiary/aromatic N) is 5. The van der Waals surface area contributed by atoms with Gasteiger partial charge in [0.25, 0.3) is 5.56 Å². The van der Waals surface area contributed by atoms with Crippen molar-refractivity contribution in [1.29, 1.82) is 0 Å². The van der Waals surface area contributed by atoms with E-state index in [-0.39, 0.29) is 17.4 Å². The second-order valence-electron chi connectivity index (χ2n) is 11.4. The Morgan fingerprint density at radius 3 is 2.23 bits per heavy atom. The number of para-hydroxylation sites is 2. The van der Waals surface area contributed by atoms with Crippen LogP contribution in [0.5, 0.6) is 0 Å². The van der Waals surface area contributed by atoms with Crippen molar-refractivity contribution in [2.45, 2.75) is 94.8 Å². The van der Waals surface area contributed by atoms with Gasteiger partial charge in [-0.15, -0.1) is 0 Å². The first-order chi connectivity index (χ1) is 17.2. The molecule has 1 N–H and O–H groups in total.